The van der Waals surface area contributed by atoms with E-state index in [0.717, 1.165) is 6.42 Å². The molecule has 1 saturated heterocycles. The van der Waals surface area contributed by atoms with Gasteiger partial charge in [0.1, 0.15) is 5.47 Å². The molecule has 0 aromatic rings. The van der Waals surface area contributed by atoms with Gasteiger partial charge < -0.3 is 4.52 Å². The summed E-state index contributed by atoms with van der Waals surface area (Å²) in [5.41, 5.74) is -0.166. The zero-order chi connectivity index (χ0) is 11.3. The summed E-state index contributed by atoms with van der Waals surface area (Å²) in [6.45, 7) is 10.6. The van der Waals surface area contributed by atoms with Crippen molar-refractivity contribution in [2.75, 3.05) is 6.66 Å². The Morgan fingerprint density at radius 2 is 2.33 bits per heavy atom. The number of hydrogen-bond acceptors (Lipinski definition) is 3. The Kier molecular flexibility index (Phi) is 3.14. The van der Waals surface area contributed by atoms with E-state index in [-0.39, 0.29) is 5.60 Å². The van der Waals surface area contributed by atoms with Crippen LogP contribution in [0.25, 0.3) is 0 Å². The van der Waals surface area contributed by atoms with Gasteiger partial charge in [0, 0.05) is 5.25 Å². The van der Waals surface area contributed by atoms with Gasteiger partial charge in [-0.15, -0.1) is 0 Å². The van der Waals surface area contributed by atoms with Crippen molar-refractivity contribution in [3.05, 3.63) is 12.2 Å². The summed E-state index contributed by atoms with van der Waals surface area (Å²) >= 11 is 7.46. The molecule has 4 heteroatoms. The maximum atomic E-state index is 6.13. The minimum absolute atomic E-state index is 0.0564. The fourth-order valence-corrected chi connectivity index (χ4v) is 9.25. The monoisotopic (exact) mass is 262 g/mol. The zero-order valence-electron chi connectivity index (χ0n) is 9.66. The maximum absolute atomic E-state index is 6.13. The molecule has 15 heavy (non-hydrogen) atoms. The second-order valence-electron chi connectivity index (χ2n) is 5.09. The highest BCUT2D eigenvalue weighted by Crippen LogP contribution is 2.72. The normalized spacial score (nSPS) is 50.1. The predicted molar refractivity (Wildman–Crippen MR) is 73.2 cm³/mol. The molecule has 4 atom stereocenters. The fourth-order valence-electron chi connectivity index (χ4n) is 2.59. The standard InChI is InChI=1S/C11H19OPS2/c1-8(2)9-5-6-11(3)10(7-9)15-13(4,14)12-11/h9-10H,1,5-7H2,2-4H3/t9-,10+,11+,13+/m0/s1. The Morgan fingerprint density at radius 1 is 1.67 bits per heavy atom. The van der Waals surface area contributed by atoms with Gasteiger partial charge in [0.05, 0.1) is 5.60 Å². The minimum Gasteiger partial charge on any atom is -0.334 e. The van der Waals surface area contributed by atoms with E-state index in [1.165, 1.54) is 18.4 Å². The number of rotatable bonds is 1. The molecular formula is C11H19OPS2. The first-order chi connectivity index (χ1) is 6.82. The lowest BCUT2D eigenvalue weighted by atomic mass is 9.77. The van der Waals surface area contributed by atoms with Crippen molar-refractivity contribution in [1.82, 2.24) is 0 Å². The summed E-state index contributed by atoms with van der Waals surface area (Å²) in [5, 5.41) is 0.601. The van der Waals surface area contributed by atoms with Crippen LogP contribution in [0.4, 0.5) is 0 Å². The largest absolute Gasteiger partial charge is 0.334 e. The lowest BCUT2D eigenvalue weighted by Gasteiger charge is -2.37. The van der Waals surface area contributed by atoms with Crippen molar-refractivity contribution in [3.63, 3.8) is 0 Å². The smallest absolute Gasteiger partial charge is 0.117 e. The summed E-state index contributed by atoms with van der Waals surface area (Å²) in [4.78, 5) is 0. The van der Waals surface area contributed by atoms with E-state index in [9.17, 15) is 0 Å². The first-order valence-electron chi connectivity index (χ1n) is 5.44. The highest BCUT2D eigenvalue weighted by atomic mass is 32.9. The van der Waals surface area contributed by atoms with E-state index in [1.807, 2.05) is 11.4 Å². The van der Waals surface area contributed by atoms with Crippen molar-refractivity contribution >= 4 is 28.7 Å². The molecule has 0 aromatic carbocycles. The third-order valence-corrected chi connectivity index (χ3v) is 8.77. The summed E-state index contributed by atoms with van der Waals surface area (Å²) in [6.07, 6.45) is 3.58. The SMILES string of the molecule is C=C(C)[C@H]1CC[C@@]2(C)O[P@](C)(=S)S[C@@H]2C1. The molecule has 0 spiro atoms. The Hall–Kier alpha value is 0.700. The molecule has 0 unspecified atom stereocenters. The van der Waals surface area contributed by atoms with Gasteiger partial charge in [-0.25, -0.2) is 0 Å². The average molecular weight is 262 g/mol. The lowest BCUT2D eigenvalue weighted by Crippen LogP contribution is -2.40. The topological polar surface area (TPSA) is 9.23 Å². The van der Waals surface area contributed by atoms with Crippen molar-refractivity contribution < 1.29 is 4.52 Å². The second-order valence-corrected chi connectivity index (χ2v) is 13.1. The molecule has 2 aliphatic rings. The summed E-state index contributed by atoms with van der Waals surface area (Å²) in [5.74, 6) is 0.687. The van der Waals surface area contributed by atoms with Gasteiger partial charge in [0.25, 0.3) is 0 Å². The van der Waals surface area contributed by atoms with Crippen LogP contribution < -0.4 is 0 Å². The van der Waals surface area contributed by atoms with Crippen LogP contribution in [0.3, 0.4) is 0 Å². The summed E-state index contributed by atoms with van der Waals surface area (Å²) in [7, 11) is 0. The molecule has 0 bridgehead atoms. The Balaban J connectivity index is 2.16. The third kappa shape index (κ3) is 2.36. The molecule has 1 aliphatic carbocycles. The van der Waals surface area contributed by atoms with E-state index in [4.69, 9.17) is 16.3 Å². The molecule has 2 rings (SSSR count). The van der Waals surface area contributed by atoms with Crippen LogP contribution in [0.15, 0.2) is 12.2 Å². The van der Waals surface area contributed by atoms with E-state index in [2.05, 4.69) is 27.1 Å². The summed E-state index contributed by atoms with van der Waals surface area (Å²) < 4.78 is 6.13. The third-order valence-electron chi connectivity index (χ3n) is 3.56. The van der Waals surface area contributed by atoms with Crippen LogP contribution >= 0.6 is 16.8 Å². The quantitative estimate of drug-likeness (QED) is 0.518. The van der Waals surface area contributed by atoms with E-state index >= 15 is 0 Å². The number of fused-ring (bicyclic) bond motifs is 1. The molecule has 86 valence electrons. The van der Waals surface area contributed by atoms with Gasteiger partial charge in [-0.3, -0.25) is 0 Å². The van der Waals surface area contributed by atoms with Crippen LogP contribution in [0.1, 0.15) is 33.1 Å². The molecule has 1 heterocycles. The van der Waals surface area contributed by atoms with Crippen LogP contribution in [-0.2, 0) is 16.3 Å². The fraction of sp³-hybridized carbons (Fsp3) is 0.818. The highest BCUT2D eigenvalue weighted by molar-refractivity contribution is 8.69. The molecule has 0 amide bonds. The average Bonchev–Trinajstić information content (AvgIpc) is 2.31. The Bertz CT molecular complexity index is 341. The molecule has 0 N–H and O–H groups in total. The van der Waals surface area contributed by atoms with Gasteiger partial charge >= 0.3 is 0 Å². The maximum Gasteiger partial charge on any atom is 0.117 e. The van der Waals surface area contributed by atoms with Gasteiger partial charge in [-0.05, 0) is 45.7 Å². The molecule has 1 aliphatic heterocycles. The highest BCUT2D eigenvalue weighted by Gasteiger charge is 2.50. The van der Waals surface area contributed by atoms with Crippen molar-refractivity contribution in [2.45, 2.75) is 44.0 Å². The molecule has 1 saturated carbocycles. The summed E-state index contributed by atoms with van der Waals surface area (Å²) in [6, 6.07) is 0. The van der Waals surface area contributed by atoms with Crippen LogP contribution in [0.5, 0.6) is 0 Å². The molecule has 0 radical (unpaired) electrons. The van der Waals surface area contributed by atoms with Crippen LogP contribution in [0.2, 0.25) is 0 Å². The Morgan fingerprint density at radius 3 is 2.93 bits per heavy atom. The Labute approximate surface area is 102 Å². The number of hydrogen-bond donors (Lipinski definition) is 0. The lowest BCUT2D eigenvalue weighted by molar-refractivity contribution is 0.0678. The van der Waals surface area contributed by atoms with Crippen molar-refractivity contribution in [2.24, 2.45) is 5.92 Å². The molecule has 2 fully saturated rings. The van der Waals surface area contributed by atoms with E-state index in [0.29, 0.717) is 11.2 Å². The van der Waals surface area contributed by atoms with Crippen LogP contribution in [-0.4, -0.2) is 17.5 Å². The number of allylic oxidation sites excluding steroid dienone is 1. The molecule has 0 aromatic heterocycles. The van der Waals surface area contributed by atoms with E-state index in [1.54, 1.807) is 0 Å². The van der Waals surface area contributed by atoms with E-state index < -0.39 is 5.47 Å². The van der Waals surface area contributed by atoms with Gasteiger partial charge in [-0.2, -0.15) is 0 Å². The second kappa shape index (κ2) is 3.87. The van der Waals surface area contributed by atoms with Crippen LogP contribution in [0, 0.1) is 5.92 Å². The van der Waals surface area contributed by atoms with Crippen molar-refractivity contribution in [1.29, 1.82) is 0 Å². The predicted octanol–water partition coefficient (Wildman–Crippen LogP) is 4.19. The van der Waals surface area contributed by atoms with Gasteiger partial charge in [0.15, 0.2) is 0 Å². The first-order valence-corrected chi connectivity index (χ1v) is 10.1. The minimum atomic E-state index is -1.55. The van der Waals surface area contributed by atoms with Gasteiger partial charge in [-0.1, -0.05) is 35.3 Å². The zero-order valence-corrected chi connectivity index (χ0v) is 12.2. The molecular weight excluding hydrogens is 243 g/mol. The first kappa shape index (κ1) is 12.2. The van der Waals surface area contributed by atoms with Crippen molar-refractivity contribution in [3.8, 4) is 0 Å². The molecule has 1 nitrogen and oxygen atoms in total. The van der Waals surface area contributed by atoms with Gasteiger partial charge in [0.2, 0.25) is 0 Å².